The summed E-state index contributed by atoms with van der Waals surface area (Å²) in [7, 11) is 1.77. The first-order valence-corrected chi connectivity index (χ1v) is 11.7. The van der Waals surface area contributed by atoms with E-state index < -0.39 is 5.60 Å². The van der Waals surface area contributed by atoms with Crippen LogP contribution in [0.25, 0.3) is 10.2 Å². The SMILES string of the molecule is CN(CC(C)(C)O)C(=O)[C@H]1CCc2c(sc3ncnc(Nc4ccc5c(c4)C=NC5)c23)C1. The highest BCUT2D eigenvalue weighted by Crippen LogP contribution is 2.41. The third kappa shape index (κ3) is 4.00. The smallest absolute Gasteiger partial charge is 0.225 e. The maximum atomic E-state index is 13.0. The molecule has 32 heavy (non-hydrogen) atoms. The Kier molecular flexibility index (Phi) is 5.22. The first-order chi connectivity index (χ1) is 15.3. The second-order valence-electron chi connectivity index (χ2n) is 9.36. The van der Waals surface area contributed by atoms with Gasteiger partial charge in [-0.2, -0.15) is 0 Å². The number of carbonyl (C=O) groups excluding carboxylic acids is 1. The molecule has 0 unspecified atom stereocenters. The van der Waals surface area contributed by atoms with Gasteiger partial charge in [0, 0.05) is 36.3 Å². The van der Waals surface area contributed by atoms with Crippen molar-refractivity contribution in [1.29, 1.82) is 0 Å². The Balaban J connectivity index is 1.41. The summed E-state index contributed by atoms with van der Waals surface area (Å²) in [5.41, 5.74) is 3.71. The molecule has 0 bridgehead atoms. The van der Waals surface area contributed by atoms with Crippen molar-refractivity contribution in [2.75, 3.05) is 18.9 Å². The number of hydrogen-bond donors (Lipinski definition) is 2. The first-order valence-electron chi connectivity index (χ1n) is 10.9. The fourth-order valence-corrected chi connectivity index (χ4v) is 5.97. The zero-order valence-electron chi connectivity index (χ0n) is 18.6. The lowest BCUT2D eigenvalue weighted by molar-refractivity contribution is -0.137. The van der Waals surface area contributed by atoms with Crippen molar-refractivity contribution in [3.63, 3.8) is 0 Å². The van der Waals surface area contributed by atoms with Gasteiger partial charge in [-0.1, -0.05) is 6.07 Å². The van der Waals surface area contributed by atoms with Crippen molar-refractivity contribution >= 4 is 45.2 Å². The van der Waals surface area contributed by atoms with Crippen LogP contribution in [0.5, 0.6) is 0 Å². The number of aromatic nitrogens is 2. The van der Waals surface area contributed by atoms with Gasteiger partial charge >= 0.3 is 0 Å². The van der Waals surface area contributed by atoms with E-state index in [0.717, 1.165) is 46.7 Å². The minimum absolute atomic E-state index is 0.0664. The van der Waals surface area contributed by atoms with Gasteiger partial charge in [-0.25, -0.2) is 9.97 Å². The van der Waals surface area contributed by atoms with Gasteiger partial charge in [0.05, 0.1) is 17.5 Å². The van der Waals surface area contributed by atoms with Crippen LogP contribution in [-0.2, 0) is 24.2 Å². The predicted octanol–water partition coefficient (Wildman–Crippen LogP) is 3.70. The topological polar surface area (TPSA) is 90.7 Å². The Morgan fingerprint density at radius 1 is 1.34 bits per heavy atom. The minimum atomic E-state index is -0.901. The van der Waals surface area contributed by atoms with E-state index in [1.54, 1.807) is 43.5 Å². The molecule has 3 aromatic rings. The van der Waals surface area contributed by atoms with Crippen LogP contribution in [0.1, 0.15) is 41.8 Å². The van der Waals surface area contributed by atoms with Crippen LogP contribution in [0.4, 0.5) is 11.5 Å². The molecule has 1 atom stereocenters. The van der Waals surface area contributed by atoms with Crippen LogP contribution in [0.3, 0.4) is 0 Å². The maximum absolute atomic E-state index is 13.0. The largest absolute Gasteiger partial charge is 0.389 e. The molecule has 1 aliphatic heterocycles. The quantitative estimate of drug-likeness (QED) is 0.620. The van der Waals surface area contributed by atoms with Crippen molar-refractivity contribution in [2.45, 2.75) is 45.3 Å². The van der Waals surface area contributed by atoms with E-state index in [9.17, 15) is 9.90 Å². The number of fused-ring (bicyclic) bond motifs is 4. The molecule has 0 saturated carbocycles. The molecule has 1 aliphatic carbocycles. The molecule has 2 N–H and O–H groups in total. The highest BCUT2D eigenvalue weighted by atomic mass is 32.1. The van der Waals surface area contributed by atoms with Crippen molar-refractivity contribution in [3.05, 3.63) is 46.1 Å². The Labute approximate surface area is 191 Å². The summed E-state index contributed by atoms with van der Waals surface area (Å²) in [5, 5.41) is 14.6. The molecule has 1 aromatic carbocycles. The Bertz CT molecular complexity index is 1230. The van der Waals surface area contributed by atoms with Gasteiger partial charge in [-0.05, 0) is 61.9 Å². The van der Waals surface area contributed by atoms with E-state index in [1.165, 1.54) is 16.0 Å². The molecule has 0 saturated heterocycles. The van der Waals surface area contributed by atoms with Gasteiger partial charge in [0.15, 0.2) is 0 Å². The predicted molar refractivity (Wildman–Crippen MR) is 128 cm³/mol. The Hall–Kier alpha value is -2.84. The lowest BCUT2D eigenvalue weighted by Crippen LogP contribution is -2.43. The molecule has 1 amide bonds. The number of hydrogen-bond acceptors (Lipinski definition) is 7. The molecular weight excluding hydrogens is 422 g/mol. The number of thiophene rings is 1. The van der Waals surface area contributed by atoms with E-state index in [4.69, 9.17) is 0 Å². The molecule has 0 spiro atoms. The van der Waals surface area contributed by atoms with E-state index >= 15 is 0 Å². The second kappa shape index (κ2) is 7.94. The number of anilines is 2. The van der Waals surface area contributed by atoms with Gasteiger partial charge in [0.25, 0.3) is 0 Å². The Morgan fingerprint density at radius 3 is 3.00 bits per heavy atom. The number of amides is 1. The maximum Gasteiger partial charge on any atom is 0.225 e. The van der Waals surface area contributed by atoms with Crippen LogP contribution < -0.4 is 5.32 Å². The highest BCUT2D eigenvalue weighted by molar-refractivity contribution is 7.19. The fraction of sp³-hybridized carbons (Fsp3) is 0.417. The zero-order chi connectivity index (χ0) is 22.5. The Morgan fingerprint density at radius 2 is 2.19 bits per heavy atom. The van der Waals surface area contributed by atoms with Crippen molar-refractivity contribution in [2.24, 2.45) is 10.9 Å². The van der Waals surface area contributed by atoms with Gasteiger partial charge in [-0.3, -0.25) is 9.79 Å². The molecule has 7 nitrogen and oxygen atoms in total. The van der Waals surface area contributed by atoms with Crippen LogP contribution in [0.15, 0.2) is 29.5 Å². The monoisotopic (exact) mass is 449 g/mol. The van der Waals surface area contributed by atoms with Crippen LogP contribution in [0.2, 0.25) is 0 Å². The number of likely N-dealkylation sites (N-methyl/N-ethyl adjacent to an activating group) is 1. The summed E-state index contributed by atoms with van der Waals surface area (Å²) in [6.45, 7) is 4.52. The highest BCUT2D eigenvalue weighted by Gasteiger charge is 2.32. The van der Waals surface area contributed by atoms with Gasteiger partial charge < -0.3 is 15.3 Å². The molecule has 5 rings (SSSR count). The number of aryl methyl sites for hydroxylation is 1. The molecule has 2 aliphatic rings. The number of benzene rings is 1. The zero-order valence-corrected chi connectivity index (χ0v) is 19.4. The third-order valence-corrected chi connectivity index (χ3v) is 7.26. The fourth-order valence-electron chi connectivity index (χ4n) is 4.70. The summed E-state index contributed by atoms with van der Waals surface area (Å²) < 4.78 is 0. The van der Waals surface area contributed by atoms with Gasteiger partial charge in [0.2, 0.25) is 5.91 Å². The molecule has 3 heterocycles. The number of nitrogens with one attached hydrogen (secondary N) is 1. The van der Waals surface area contributed by atoms with E-state index in [0.29, 0.717) is 13.0 Å². The normalized spacial score (nSPS) is 17.3. The summed E-state index contributed by atoms with van der Waals surface area (Å²) in [4.78, 5) is 30.2. The van der Waals surface area contributed by atoms with Crippen molar-refractivity contribution in [1.82, 2.24) is 14.9 Å². The summed E-state index contributed by atoms with van der Waals surface area (Å²) >= 11 is 1.66. The molecular formula is C24H27N5O2S. The van der Waals surface area contributed by atoms with E-state index in [1.807, 2.05) is 6.21 Å². The number of rotatable bonds is 5. The van der Waals surface area contributed by atoms with Crippen LogP contribution >= 0.6 is 11.3 Å². The molecule has 0 fully saturated rings. The second-order valence-corrected chi connectivity index (χ2v) is 10.4. The molecule has 8 heteroatoms. The molecule has 0 radical (unpaired) electrons. The number of carbonyl (C=O) groups is 1. The number of nitrogens with zero attached hydrogens (tertiary/aromatic N) is 4. The lowest BCUT2D eigenvalue weighted by Gasteiger charge is -2.30. The van der Waals surface area contributed by atoms with Crippen LogP contribution in [0, 0.1) is 5.92 Å². The van der Waals surface area contributed by atoms with Gasteiger partial charge in [0.1, 0.15) is 17.0 Å². The average Bonchev–Trinajstić information content (AvgIpc) is 3.35. The number of aliphatic imine (C=N–C) groups is 1. The van der Waals surface area contributed by atoms with E-state index in [2.05, 4.69) is 38.5 Å². The molecule has 166 valence electrons. The standard InChI is InChI=1S/C24H27N5O2S/c1-24(2,31)12-29(3)23(30)14-5-7-18-19(9-14)32-22-20(18)21(26-13-27-22)28-17-6-4-15-10-25-11-16(15)8-17/h4,6,8,11,13-14,31H,5,7,9-10,12H2,1-3H3,(H,26,27,28)/t14-/m0/s1. The average molecular weight is 450 g/mol. The summed E-state index contributed by atoms with van der Waals surface area (Å²) in [6.07, 6.45) is 5.83. The summed E-state index contributed by atoms with van der Waals surface area (Å²) in [6, 6.07) is 6.27. The minimum Gasteiger partial charge on any atom is -0.389 e. The first kappa shape index (κ1) is 21.0. The molecule has 2 aromatic heterocycles. The lowest BCUT2D eigenvalue weighted by atomic mass is 9.86. The van der Waals surface area contributed by atoms with Gasteiger partial charge in [-0.15, -0.1) is 11.3 Å². The third-order valence-electron chi connectivity index (χ3n) is 6.10. The number of aliphatic hydroxyl groups is 1. The summed E-state index contributed by atoms with van der Waals surface area (Å²) in [5.74, 6) is 0.842. The van der Waals surface area contributed by atoms with Crippen molar-refractivity contribution < 1.29 is 9.90 Å². The van der Waals surface area contributed by atoms with Crippen molar-refractivity contribution in [3.8, 4) is 0 Å². The van der Waals surface area contributed by atoms with E-state index in [-0.39, 0.29) is 11.8 Å². The van der Waals surface area contributed by atoms with Crippen LogP contribution in [-0.4, -0.2) is 51.3 Å².